The van der Waals surface area contributed by atoms with Gasteiger partial charge in [-0.25, -0.2) is 0 Å². The van der Waals surface area contributed by atoms with E-state index in [0.29, 0.717) is 17.0 Å². The van der Waals surface area contributed by atoms with Crippen LogP contribution in [-0.2, 0) is 13.0 Å². The molecule has 5 heteroatoms. The molecule has 0 radical (unpaired) electrons. The number of aryl methyl sites for hydroxylation is 2. The molecule has 0 atom stereocenters. The normalized spacial score (nSPS) is 11.3. The summed E-state index contributed by atoms with van der Waals surface area (Å²) in [4.78, 5) is 14.9. The third-order valence-electron chi connectivity index (χ3n) is 6.64. The van der Waals surface area contributed by atoms with Crippen LogP contribution in [0.25, 0.3) is 10.9 Å². The predicted molar refractivity (Wildman–Crippen MR) is 145 cm³/mol. The van der Waals surface area contributed by atoms with Gasteiger partial charge in [0.05, 0.1) is 7.11 Å². The molecule has 1 N–H and O–H groups in total. The predicted octanol–water partition coefficient (Wildman–Crippen LogP) is 6.06. The van der Waals surface area contributed by atoms with Crippen LogP contribution in [0.3, 0.4) is 0 Å². The van der Waals surface area contributed by atoms with Crippen molar-refractivity contribution in [3.8, 4) is 5.75 Å². The second kappa shape index (κ2) is 10.8. The molecule has 3 aromatic carbocycles. The zero-order valence-electron chi connectivity index (χ0n) is 21.4. The number of nitrogens with zero attached hydrogens (tertiary/aromatic N) is 2. The maximum absolute atomic E-state index is 12.7. The summed E-state index contributed by atoms with van der Waals surface area (Å²) in [5.41, 5.74) is 7.83. The second-order valence-corrected chi connectivity index (χ2v) is 9.43. The van der Waals surface area contributed by atoms with E-state index in [-0.39, 0.29) is 5.91 Å². The number of aromatic nitrogens is 1. The number of ether oxygens (including phenoxy) is 1. The molecule has 1 amide bonds. The highest BCUT2D eigenvalue weighted by molar-refractivity contribution is 6.04. The van der Waals surface area contributed by atoms with Gasteiger partial charge in [0.25, 0.3) is 5.91 Å². The number of fused-ring (bicyclic) bond motifs is 1. The molecule has 0 aliphatic carbocycles. The van der Waals surface area contributed by atoms with Crippen LogP contribution in [0.1, 0.15) is 39.2 Å². The van der Waals surface area contributed by atoms with Crippen molar-refractivity contribution in [1.29, 1.82) is 0 Å². The van der Waals surface area contributed by atoms with Gasteiger partial charge in [0.1, 0.15) is 5.75 Å². The monoisotopic (exact) mass is 469 g/mol. The molecule has 1 heterocycles. The fourth-order valence-corrected chi connectivity index (χ4v) is 4.55. The maximum Gasteiger partial charge on any atom is 0.255 e. The first-order valence-corrected chi connectivity index (χ1v) is 12.1. The van der Waals surface area contributed by atoms with Crippen LogP contribution in [0.2, 0.25) is 0 Å². The van der Waals surface area contributed by atoms with Gasteiger partial charge >= 0.3 is 0 Å². The van der Waals surface area contributed by atoms with Gasteiger partial charge in [-0.15, -0.1) is 0 Å². The van der Waals surface area contributed by atoms with Gasteiger partial charge < -0.3 is 19.5 Å². The van der Waals surface area contributed by atoms with Crippen molar-refractivity contribution >= 4 is 22.5 Å². The van der Waals surface area contributed by atoms with E-state index in [4.69, 9.17) is 4.74 Å². The lowest BCUT2D eigenvalue weighted by molar-refractivity contribution is 0.102. The van der Waals surface area contributed by atoms with Crippen molar-refractivity contribution in [1.82, 2.24) is 9.47 Å². The van der Waals surface area contributed by atoms with Crippen molar-refractivity contribution in [2.45, 2.75) is 33.2 Å². The Morgan fingerprint density at radius 2 is 1.71 bits per heavy atom. The maximum atomic E-state index is 12.7. The van der Waals surface area contributed by atoms with Gasteiger partial charge in [0.2, 0.25) is 0 Å². The molecule has 0 unspecified atom stereocenters. The number of hydrogen-bond acceptors (Lipinski definition) is 3. The fraction of sp³-hybridized carbons (Fsp3) is 0.300. The molecule has 0 spiro atoms. The molecule has 0 aliphatic rings. The van der Waals surface area contributed by atoms with E-state index in [0.717, 1.165) is 25.9 Å². The molecule has 0 bridgehead atoms. The largest absolute Gasteiger partial charge is 0.497 e. The highest BCUT2D eigenvalue weighted by atomic mass is 16.5. The van der Waals surface area contributed by atoms with E-state index in [2.05, 4.69) is 60.9 Å². The summed E-state index contributed by atoms with van der Waals surface area (Å²) in [5.74, 6) is 0.581. The minimum atomic E-state index is -0.132. The van der Waals surface area contributed by atoms with Gasteiger partial charge in [-0.3, -0.25) is 4.79 Å². The fourth-order valence-electron chi connectivity index (χ4n) is 4.55. The third kappa shape index (κ3) is 5.75. The van der Waals surface area contributed by atoms with Crippen LogP contribution in [-0.4, -0.2) is 43.1 Å². The molecule has 35 heavy (non-hydrogen) atoms. The second-order valence-electron chi connectivity index (χ2n) is 9.43. The van der Waals surface area contributed by atoms with Crippen molar-refractivity contribution in [3.63, 3.8) is 0 Å². The molecule has 4 aromatic rings. The number of methoxy groups -OCH3 is 1. The summed E-state index contributed by atoms with van der Waals surface area (Å²) in [6, 6.07) is 22.0. The van der Waals surface area contributed by atoms with Gasteiger partial charge in [-0.2, -0.15) is 0 Å². The Morgan fingerprint density at radius 3 is 2.43 bits per heavy atom. The van der Waals surface area contributed by atoms with Crippen LogP contribution in [0.4, 0.5) is 5.69 Å². The van der Waals surface area contributed by atoms with Crippen molar-refractivity contribution in [3.05, 3.63) is 94.7 Å². The Morgan fingerprint density at radius 1 is 0.971 bits per heavy atom. The summed E-state index contributed by atoms with van der Waals surface area (Å²) in [6.45, 7) is 6.57. The van der Waals surface area contributed by atoms with Crippen LogP contribution in [0, 0.1) is 13.8 Å². The lowest BCUT2D eigenvalue weighted by atomic mass is 10.0. The quantitative estimate of drug-likeness (QED) is 0.324. The van der Waals surface area contributed by atoms with E-state index in [9.17, 15) is 4.79 Å². The topological polar surface area (TPSA) is 46.5 Å². The Bertz CT molecular complexity index is 1320. The molecule has 0 saturated heterocycles. The Kier molecular flexibility index (Phi) is 7.57. The smallest absolute Gasteiger partial charge is 0.255 e. The Labute approximate surface area is 208 Å². The van der Waals surface area contributed by atoms with E-state index >= 15 is 0 Å². The summed E-state index contributed by atoms with van der Waals surface area (Å²) in [5, 5.41) is 4.27. The molecular weight excluding hydrogens is 434 g/mol. The van der Waals surface area contributed by atoms with Gasteiger partial charge in [0.15, 0.2) is 0 Å². The van der Waals surface area contributed by atoms with Crippen molar-refractivity contribution in [2.24, 2.45) is 0 Å². The molecule has 4 rings (SSSR count). The third-order valence-corrected chi connectivity index (χ3v) is 6.64. The highest BCUT2D eigenvalue weighted by Gasteiger charge is 2.12. The first-order valence-electron chi connectivity index (χ1n) is 12.1. The first kappa shape index (κ1) is 24.6. The number of rotatable bonds is 9. The van der Waals surface area contributed by atoms with E-state index in [1.165, 1.54) is 33.3 Å². The van der Waals surface area contributed by atoms with Crippen LogP contribution >= 0.6 is 0 Å². The number of benzene rings is 3. The average Bonchev–Trinajstić information content (AvgIpc) is 3.09. The van der Waals surface area contributed by atoms with Gasteiger partial charge in [-0.05, 0) is 100 Å². The van der Waals surface area contributed by atoms with Crippen LogP contribution in [0.15, 0.2) is 66.7 Å². The number of carbonyl (C=O) groups excluding carboxylic acids is 1. The first-order chi connectivity index (χ1) is 16.9. The number of hydrogen-bond donors (Lipinski definition) is 1. The van der Waals surface area contributed by atoms with Crippen molar-refractivity contribution in [2.75, 3.05) is 33.1 Å². The van der Waals surface area contributed by atoms with Crippen LogP contribution in [0.5, 0.6) is 5.75 Å². The molecule has 0 fully saturated rings. The van der Waals surface area contributed by atoms with E-state index in [1.807, 2.05) is 48.5 Å². The minimum absolute atomic E-state index is 0.132. The summed E-state index contributed by atoms with van der Waals surface area (Å²) in [6.07, 6.45) is 1.97. The summed E-state index contributed by atoms with van der Waals surface area (Å²) in [7, 11) is 5.86. The van der Waals surface area contributed by atoms with E-state index < -0.39 is 0 Å². The lowest BCUT2D eigenvalue weighted by Crippen LogP contribution is -2.15. The molecule has 182 valence electrons. The number of amides is 1. The highest BCUT2D eigenvalue weighted by Crippen LogP contribution is 2.27. The average molecular weight is 470 g/mol. The van der Waals surface area contributed by atoms with E-state index in [1.54, 1.807) is 7.11 Å². The molecule has 0 aliphatic heterocycles. The standard InChI is InChI=1S/C30H35N3O2/c1-21-22(2)33(17-7-16-32(3)4)29-15-12-24(19-28(21)29)18-23-10-13-25(14-11-23)30(34)31-26-8-6-9-27(20-26)35-5/h6,8-15,19-20H,7,16-18H2,1-5H3,(H,31,34). The van der Waals surface area contributed by atoms with Crippen molar-refractivity contribution < 1.29 is 9.53 Å². The summed E-state index contributed by atoms with van der Waals surface area (Å²) < 4.78 is 7.68. The number of anilines is 1. The van der Waals surface area contributed by atoms with Crippen LogP contribution < -0.4 is 10.1 Å². The number of nitrogens with one attached hydrogen (secondary N) is 1. The van der Waals surface area contributed by atoms with Gasteiger partial charge in [0, 0.05) is 40.5 Å². The molecule has 0 saturated carbocycles. The molecule has 5 nitrogen and oxygen atoms in total. The molecular formula is C30H35N3O2. The SMILES string of the molecule is COc1cccc(NC(=O)c2ccc(Cc3ccc4c(c3)c(C)c(C)n4CCCN(C)C)cc2)c1. The minimum Gasteiger partial charge on any atom is -0.497 e. The van der Waals surface area contributed by atoms with Gasteiger partial charge in [-0.1, -0.05) is 24.3 Å². The number of carbonyl (C=O) groups is 1. The Balaban J connectivity index is 1.46. The zero-order chi connectivity index (χ0) is 24.9. The lowest BCUT2D eigenvalue weighted by Gasteiger charge is -2.12. The Hall–Kier alpha value is -3.57. The zero-order valence-corrected chi connectivity index (χ0v) is 21.4. The summed E-state index contributed by atoms with van der Waals surface area (Å²) >= 11 is 0. The molecule has 1 aromatic heterocycles.